The third-order valence-electron chi connectivity index (χ3n) is 2.25. The fraction of sp³-hybridized carbons (Fsp3) is 0.385. The number of methoxy groups -OCH3 is 1. The first-order valence-electron chi connectivity index (χ1n) is 5.93. The summed E-state index contributed by atoms with van der Waals surface area (Å²) < 4.78 is 56.6. The van der Waals surface area contributed by atoms with Crippen molar-refractivity contribution in [3.63, 3.8) is 0 Å². The number of anilines is 1. The Morgan fingerprint density at radius 1 is 1.35 bits per heavy atom. The third kappa shape index (κ3) is 4.57. The van der Waals surface area contributed by atoms with E-state index in [-0.39, 0.29) is 22.8 Å². The van der Waals surface area contributed by atoms with Crippen LogP contribution in [0.25, 0.3) is 0 Å². The summed E-state index contributed by atoms with van der Waals surface area (Å²) in [5.41, 5.74) is -0.585. The molecule has 0 saturated heterocycles. The average Bonchev–Trinajstić information content (AvgIpc) is 2.42. The topological polar surface area (TPSA) is 55.4 Å². The highest BCUT2D eigenvalue weighted by atomic mass is 32.2. The molecule has 1 N–H and O–H groups in total. The number of hydrogen-bond donors (Lipinski definition) is 1. The van der Waals surface area contributed by atoms with E-state index >= 15 is 0 Å². The molecule has 0 aliphatic heterocycles. The molecule has 0 amide bonds. The standard InChI is InChI=1S/C11H13F2NO3S.C2H6/c1-7(6-17-3)18(15,16)14-10-5-4-9(12)8(2)11(10)13;1-2/h4-5,14H,1,6H2,2-3H3;1-2H3. The van der Waals surface area contributed by atoms with Crippen LogP contribution in [0.5, 0.6) is 0 Å². The molecule has 1 rings (SSSR count). The van der Waals surface area contributed by atoms with E-state index in [0.29, 0.717) is 0 Å². The summed E-state index contributed by atoms with van der Waals surface area (Å²) in [6.07, 6.45) is 0. The van der Waals surface area contributed by atoms with Crippen molar-refractivity contribution in [2.75, 3.05) is 18.4 Å². The van der Waals surface area contributed by atoms with Crippen LogP contribution in [0.4, 0.5) is 14.5 Å². The number of halogens is 2. The zero-order valence-electron chi connectivity index (χ0n) is 12.0. The van der Waals surface area contributed by atoms with E-state index in [9.17, 15) is 17.2 Å². The van der Waals surface area contributed by atoms with Gasteiger partial charge >= 0.3 is 0 Å². The predicted octanol–water partition coefficient (Wildman–Crippen LogP) is 3.20. The number of hydrogen-bond acceptors (Lipinski definition) is 3. The Bertz CT molecular complexity index is 571. The minimum Gasteiger partial charge on any atom is -0.379 e. The molecular weight excluding hydrogens is 288 g/mol. The van der Waals surface area contributed by atoms with Crippen LogP contribution in [0, 0.1) is 18.6 Å². The van der Waals surface area contributed by atoms with Crippen molar-refractivity contribution in [1.29, 1.82) is 0 Å². The minimum atomic E-state index is -3.96. The lowest BCUT2D eigenvalue weighted by molar-refractivity contribution is 0.231. The normalized spacial score (nSPS) is 10.5. The van der Waals surface area contributed by atoms with Gasteiger partial charge in [-0.1, -0.05) is 20.4 Å². The van der Waals surface area contributed by atoms with Gasteiger partial charge < -0.3 is 4.74 Å². The summed E-state index contributed by atoms with van der Waals surface area (Å²) in [5.74, 6) is -1.70. The van der Waals surface area contributed by atoms with Crippen molar-refractivity contribution in [3.8, 4) is 0 Å². The first-order valence-corrected chi connectivity index (χ1v) is 7.42. The number of benzene rings is 1. The van der Waals surface area contributed by atoms with E-state index in [0.717, 1.165) is 12.1 Å². The smallest absolute Gasteiger partial charge is 0.259 e. The molecule has 0 atom stereocenters. The van der Waals surface area contributed by atoms with E-state index in [1.807, 2.05) is 18.6 Å². The summed E-state index contributed by atoms with van der Waals surface area (Å²) in [6, 6.07) is 1.99. The van der Waals surface area contributed by atoms with Gasteiger partial charge in [0.2, 0.25) is 0 Å². The van der Waals surface area contributed by atoms with Crippen molar-refractivity contribution >= 4 is 15.7 Å². The number of sulfonamides is 1. The van der Waals surface area contributed by atoms with E-state index in [2.05, 4.69) is 11.3 Å². The van der Waals surface area contributed by atoms with Gasteiger partial charge in [0.25, 0.3) is 10.0 Å². The Labute approximate surface area is 118 Å². The molecule has 1 aromatic rings. The van der Waals surface area contributed by atoms with Crippen LogP contribution in [0.15, 0.2) is 23.6 Å². The highest BCUT2D eigenvalue weighted by molar-refractivity contribution is 7.96. The molecular formula is C13H19F2NO3S. The van der Waals surface area contributed by atoms with Crippen molar-refractivity contribution in [1.82, 2.24) is 0 Å². The maximum Gasteiger partial charge on any atom is 0.259 e. The summed E-state index contributed by atoms with van der Waals surface area (Å²) in [6.45, 7) is 8.31. The molecule has 0 bridgehead atoms. The van der Waals surface area contributed by atoms with Gasteiger partial charge in [0.1, 0.15) is 5.82 Å². The van der Waals surface area contributed by atoms with Gasteiger partial charge in [0, 0.05) is 12.7 Å². The third-order valence-corrected chi connectivity index (χ3v) is 3.62. The molecule has 1 aromatic carbocycles. The van der Waals surface area contributed by atoms with Crippen LogP contribution in [-0.2, 0) is 14.8 Å². The quantitative estimate of drug-likeness (QED) is 0.909. The van der Waals surface area contributed by atoms with Gasteiger partial charge in [-0.2, -0.15) is 0 Å². The molecule has 7 heteroatoms. The van der Waals surface area contributed by atoms with Gasteiger partial charge in [0.15, 0.2) is 5.82 Å². The Morgan fingerprint density at radius 3 is 2.40 bits per heavy atom. The van der Waals surface area contributed by atoms with Gasteiger partial charge in [-0.15, -0.1) is 0 Å². The van der Waals surface area contributed by atoms with Crippen molar-refractivity contribution < 1.29 is 21.9 Å². The Kier molecular flexibility index (Phi) is 7.38. The molecule has 0 aromatic heterocycles. The second-order valence-corrected chi connectivity index (χ2v) is 5.40. The fourth-order valence-electron chi connectivity index (χ4n) is 1.20. The molecule has 0 saturated carbocycles. The second-order valence-electron chi connectivity index (χ2n) is 3.61. The average molecular weight is 307 g/mol. The molecule has 0 radical (unpaired) electrons. The lowest BCUT2D eigenvalue weighted by Gasteiger charge is -2.11. The zero-order chi connectivity index (χ0) is 15.9. The van der Waals surface area contributed by atoms with E-state index in [1.165, 1.54) is 14.0 Å². The lowest BCUT2D eigenvalue weighted by atomic mass is 10.2. The SMILES string of the molecule is C=C(COC)S(=O)(=O)Nc1ccc(F)c(C)c1F.CC. The minimum absolute atomic E-state index is 0.211. The molecule has 0 aliphatic carbocycles. The first kappa shape index (κ1) is 18.5. The summed E-state index contributed by atoms with van der Waals surface area (Å²) in [4.78, 5) is -0.244. The molecule has 0 fully saturated rings. The summed E-state index contributed by atoms with van der Waals surface area (Å²) in [5, 5.41) is 0. The highest BCUT2D eigenvalue weighted by Gasteiger charge is 2.19. The maximum absolute atomic E-state index is 13.6. The first-order chi connectivity index (χ1) is 9.29. The molecule has 0 spiro atoms. The monoisotopic (exact) mass is 307 g/mol. The molecule has 4 nitrogen and oxygen atoms in total. The van der Waals surface area contributed by atoms with Gasteiger partial charge in [0.05, 0.1) is 17.2 Å². The van der Waals surface area contributed by atoms with Crippen LogP contribution in [0.2, 0.25) is 0 Å². The highest BCUT2D eigenvalue weighted by Crippen LogP contribution is 2.22. The Hall–Kier alpha value is -1.47. The van der Waals surface area contributed by atoms with Crippen molar-refractivity contribution in [2.24, 2.45) is 0 Å². The zero-order valence-corrected chi connectivity index (χ0v) is 12.8. The number of ether oxygens (including phenoxy) is 1. The molecule has 0 heterocycles. The molecule has 0 unspecified atom stereocenters. The molecule has 114 valence electrons. The van der Waals surface area contributed by atoms with Crippen LogP contribution in [0.1, 0.15) is 19.4 Å². The van der Waals surface area contributed by atoms with E-state index in [4.69, 9.17) is 0 Å². The van der Waals surface area contributed by atoms with Crippen LogP contribution in [0.3, 0.4) is 0 Å². The maximum atomic E-state index is 13.6. The second kappa shape index (κ2) is 7.96. The van der Waals surface area contributed by atoms with Crippen LogP contribution in [-0.4, -0.2) is 22.1 Å². The van der Waals surface area contributed by atoms with Gasteiger partial charge in [-0.3, -0.25) is 4.72 Å². The van der Waals surface area contributed by atoms with Gasteiger partial charge in [-0.25, -0.2) is 17.2 Å². The van der Waals surface area contributed by atoms with E-state index in [1.54, 1.807) is 0 Å². The van der Waals surface area contributed by atoms with Crippen LogP contribution >= 0.6 is 0 Å². The molecule has 0 aliphatic rings. The Morgan fingerprint density at radius 2 is 1.90 bits per heavy atom. The van der Waals surface area contributed by atoms with Crippen molar-refractivity contribution in [3.05, 3.63) is 40.8 Å². The lowest BCUT2D eigenvalue weighted by Crippen LogP contribution is -2.18. The predicted molar refractivity (Wildman–Crippen MR) is 76.0 cm³/mol. The molecule has 20 heavy (non-hydrogen) atoms. The van der Waals surface area contributed by atoms with Crippen LogP contribution < -0.4 is 4.72 Å². The summed E-state index contributed by atoms with van der Waals surface area (Å²) in [7, 11) is -2.65. The number of rotatable bonds is 5. The number of nitrogens with one attached hydrogen (secondary N) is 1. The van der Waals surface area contributed by atoms with E-state index < -0.39 is 21.7 Å². The van der Waals surface area contributed by atoms with Gasteiger partial charge in [-0.05, 0) is 19.1 Å². The Balaban J connectivity index is 0.00000172. The summed E-state index contributed by atoms with van der Waals surface area (Å²) >= 11 is 0. The fourth-order valence-corrected chi connectivity index (χ4v) is 2.06. The van der Waals surface area contributed by atoms with Crippen molar-refractivity contribution in [2.45, 2.75) is 20.8 Å². The largest absolute Gasteiger partial charge is 0.379 e.